The smallest absolute Gasteiger partial charge is 0.194 e. The molecule has 2 aromatic heterocycles. The number of benzene rings is 1. The van der Waals surface area contributed by atoms with Crippen LogP contribution in [0.3, 0.4) is 0 Å². The van der Waals surface area contributed by atoms with E-state index in [9.17, 15) is 0 Å². The third kappa shape index (κ3) is 2.77. The van der Waals surface area contributed by atoms with E-state index in [1.165, 1.54) is 0 Å². The normalized spacial score (nSPS) is 11.6. The highest BCUT2D eigenvalue weighted by Crippen LogP contribution is 2.25. The minimum atomic E-state index is 0.494. The summed E-state index contributed by atoms with van der Waals surface area (Å²) in [4.78, 5) is 5.48. The lowest BCUT2D eigenvalue weighted by Gasteiger charge is -2.02. The van der Waals surface area contributed by atoms with Crippen LogP contribution in [0.15, 0.2) is 28.7 Å². The molecule has 0 spiro atoms. The summed E-state index contributed by atoms with van der Waals surface area (Å²) in [5.74, 6) is 0. The first kappa shape index (κ1) is 14.4. The van der Waals surface area contributed by atoms with Crippen molar-refractivity contribution in [3.05, 3.63) is 50.7 Å². The van der Waals surface area contributed by atoms with E-state index < -0.39 is 0 Å². The first-order chi connectivity index (χ1) is 10.1. The second-order valence-corrected chi connectivity index (χ2v) is 6.23. The zero-order chi connectivity index (χ0) is 15.0. The standard InChI is InChI=1S/C14H12Cl2N4S/c1-8-7-21-14-18-9(2)13(20(8)14)6-17-19-10-3-4-11(15)12(16)5-10/h3-7,19H,1-2H3/b17-6-. The van der Waals surface area contributed by atoms with Crippen LogP contribution < -0.4 is 5.43 Å². The van der Waals surface area contributed by atoms with Crippen molar-refractivity contribution in [3.63, 3.8) is 0 Å². The Morgan fingerprint density at radius 3 is 2.86 bits per heavy atom. The fraction of sp³-hybridized carbons (Fsp3) is 0.143. The minimum absolute atomic E-state index is 0.494. The summed E-state index contributed by atoms with van der Waals surface area (Å²) < 4.78 is 2.08. The average molecular weight is 339 g/mol. The molecule has 0 bridgehead atoms. The highest BCUT2D eigenvalue weighted by Gasteiger charge is 2.10. The second-order valence-electron chi connectivity index (χ2n) is 4.58. The number of halogens is 2. The molecule has 0 aliphatic carbocycles. The number of anilines is 1. The molecule has 108 valence electrons. The van der Waals surface area contributed by atoms with Crippen molar-refractivity contribution < 1.29 is 0 Å². The lowest BCUT2D eigenvalue weighted by Crippen LogP contribution is -1.96. The van der Waals surface area contributed by atoms with Crippen molar-refractivity contribution in [2.45, 2.75) is 13.8 Å². The van der Waals surface area contributed by atoms with Crippen LogP contribution in [0.5, 0.6) is 0 Å². The zero-order valence-corrected chi connectivity index (χ0v) is 13.7. The molecule has 0 aliphatic rings. The van der Waals surface area contributed by atoms with Gasteiger partial charge in [0.1, 0.15) is 0 Å². The van der Waals surface area contributed by atoms with E-state index in [-0.39, 0.29) is 0 Å². The molecule has 2 heterocycles. The third-order valence-electron chi connectivity index (χ3n) is 3.05. The number of aryl methyl sites for hydroxylation is 2. The molecule has 7 heteroatoms. The number of hydrogen-bond donors (Lipinski definition) is 1. The number of hydrogen-bond acceptors (Lipinski definition) is 4. The van der Waals surface area contributed by atoms with E-state index in [1.807, 2.05) is 19.9 Å². The second kappa shape index (κ2) is 5.67. The molecule has 1 aromatic carbocycles. The van der Waals surface area contributed by atoms with Crippen molar-refractivity contribution >= 4 is 51.4 Å². The lowest BCUT2D eigenvalue weighted by molar-refractivity contribution is 1.11. The van der Waals surface area contributed by atoms with Crippen molar-refractivity contribution in [1.82, 2.24) is 9.38 Å². The Kier molecular flexibility index (Phi) is 3.89. The van der Waals surface area contributed by atoms with E-state index >= 15 is 0 Å². The first-order valence-electron chi connectivity index (χ1n) is 6.23. The maximum absolute atomic E-state index is 5.97. The quantitative estimate of drug-likeness (QED) is 0.552. The molecule has 4 nitrogen and oxygen atoms in total. The number of thiazole rings is 1. The zero-order valence-electron chi connectivity index (χ0n) is 11.4. The largest absolute Gasteiger partial charge is 0.286 e. The van der Waals surface area contributed by atoms with Gasteiger partial charge in [0.25, 0.3) is 0 Å². The summed E-state index contributed by atoms with van der Waals surface area (Å²) >= 11 is 13.5. The van der Waals surface area contributed by atoms with Crippen molar-refractivity contribution in [3.8, 4) is 0 Å². The molecule has 0 radical (unpaired) electrons. The summed E-state index contributed by atoms with van der Waals surface area (Å²) in [5.41, 5.74) is 6.78. The fourth-order valence-electron chi connectivity index (χ4n) is 2.01. The van der Waals surface area contributed by atoms with Crippen LogP contribution in [0.25, 0.3) is 4.96 Å². The Bertz CT molecular complexity index is 835. The van der Waals surface area contributed by atoms with Gasteiger partial charge >= 0.3 is 0 Å². The van der Waals surface area contributed by atoms with E-state index in [0.29, 0.717) is 10.0 Å². The van der Waals surface area contributed by atoms with Gasteiger partial charge in [0, 0.05) is 11.1 Å². The van der Waals surface area contributed by atoms with Gasteiger partial charge in [0.15, 0.2) is 4.96 Å². The van der Waals surface area contributed by atoms with Gasteiger partial charge in [-0.05, 0) is 32.0 Å². The predicted octanol–water partition coefficient (Wildman–Crippen LogP) is 4.77. The molecule has 0 atom stereocenters. The number of imidazole rings is 1. The summed E-state index contributed by atoms with van der Waals surface area (Å²) in [6, 6.07) is 5.28. The molecule has 0 saturated heterocycles. The SMILES string of the molecule is Cc1nc2scc(C)n2c1/C=N\Nc1ccc(Cl)c(Cl)c1. The molecule has 3 rings (SSSR count). The molecule has 0 fully saturated rings. The Balaban J connectivity index is 1.86. The van der Waals surface area contributed by atoms with Crippen LogP contribution >= 0.6 is 34.5 Å². The van der Waals surface area contributed by atoms with Gasteiger partial charge in [-0.3, -0.25) is 9.83 Å². The third-order valence-corrected chi connectivity index (χ3v) is 4.74. The Morgan fingerprint density at radius 1 is 1.29 bits per heavy atom. The molecule has 1 N–H and O–H groups in total. The van der Waals surface area contributed by atoms with E-state index in [1.54, 1.807) is 29.7 Å². The number of aromatic nitrogens is 2. The lowest BCUT2D eigenvalue weighted by atomic mass is 10.3. The average Bonchev–Trinajstić information content (AvgIpc) is 2.95. The minimum Gasteiger partial charge on any atom is -0.286 e. The summed E-state index contributed by atoms with van der Waals surface area (Å²) in [6.07, 6.45) is 1.76. The highest BCUT2D eigenvalue weighted by atomic mass is 35.5. The van der Waals surface area contributed by atoms with Crippen molar-refractivity contribution in [2.75, 3.05) is 5.43 Å². The number of hydrazone groups is 1. The van der Waals surface area contributed by atoms with E-state index in [4.69, 9.17) is 23.2 Å². The van der Waals surface area contributed by atoms with Gasteiger partial charge in [0.2, 0.25) is 0 Å². The van der Waals surface area contributed by atoms with Crippen molar-refractivity contribution in [2.24, 2.45) is 5.10 Å². The molecule has 0 amide bonds. The predicted molar refractivity (Wildman–Crippen MR) is 90.2 cm³/mol. The van der Waals surface area contributed by atoms with Crippen molar-refractivity contribution in [1.29, 1.82) is 0 Å². The highest BCUT2D eigenvalue weighted by molar-refractivity contribution is 7.15. The molecule has 0 unspecified atom stereocenters. The van der Waals surface area contributed by atoms with E-state index in [0.717, 1.165) is 27.7 Å². The summed E-state index contributed by atoms with van der Waals surface area (Å²) in [6.45, 7) is 4.02. The van der Waals surface area contributed by atoms with Crippen LogP contribution in [-0.4, -0.2) is 15.6 Å². The van der Waals surface area contributed by atoms with Crippen LogP contribution in [0.2, 0.25) is 10.0 Å². The Morgan fingerprint density at radius 2 is 2.10 bits per heavy atom. The number of rotatable bonds is 3. The number of nitrogens with zero attached hydrogens (tertiary/aromatic N) is 3. The Hall–Kier alpha value is -1.56. The van der Waals surface area contributed by atoms with Crippen LogP contribution in [-0.2, 0) is 0 Å². The Labute approximate surface area is 136 Å². The fourth-order valence-corrected chi connectivity index (χ4v) is 3.23. The van der Waals surface area contributed by atoms with Gasteiger partial charge < -0.3 is 0 Å². The van der Waals surface area contributed by atoms with Gasteiger partial charge in [0.05, 0.1) is 33.3 Å². The van der Waals surface area contributed by atoms with Crippen LogP contribution in [0.1, 0.15) is 17.1 Å². The van der Waals surface area contributed by atoms with Gasteiger partial charge in [-0.15, -0.1) is 11.3 Å². The van der Waals surface area contributed by atoms with Crippen LogP contribution in [0.4, 0.5) is 5.69 Å². The maximum atomic E-state index is 5.97. The topological polar surface area (TPSA) is 41.7 Å². The summed E-state index contributed by atoms with van der Waals surface area (Å²) in [7, 11) is 0. The molecule has 0 aliphatic heterocycles. The van der Waals surface area contributed by atoms with Gasteiger partial charge in [-0.1, -0.05) is 23.2 Å². The molecule has 0 saturated carbocycles. The van der Waals surface area contributed by atoms with Gasteiger partial charge in [-0.2, -0.15) is 5.10 Å². The number of fused-ring (bicyclic) bond motifs is 1. The van der Waals surface area contributed by atoms with E-state index in [2.05, 4.69) is 25.3 Å². The molecular weight excluding hydrogens is 327 g/mol. The molecule has 3 aromatic rings. The maximum Gasteiger partial charge on any atom is 0.194 e. The monoisotopic (exact) mass is 338 g/mol. The molecule has 21 heavy (non-hydrogen) atoms. The first-order valence-corrected chi connectivity index (χ1v) is 7.87. The summed E-state index contributed by atoms with van der Waals surface area (Å²) in [5, 5.41) is 7.34. The molecular formula is C14H12Cl2N4S. The number of nitrogens with one attached hydrogen (secondary N) is 1. The van der Waals surface area contributed by atoms with Crippen LogP contribution in [0, 0.1) is 13.8 Å². The van der Waals surface area contributed by atoms with Gasteiger partial charge in [-0.25, -0.2) is 4.98 Å².